The van der Waals surface area contributed by atoms with Crippen LogP contribution >= 0.6 is 0 Å². The third-order valence-corrected chi connectivity index (χ3v) is 4.33. The highest BCUT2D eigenvalue weighted by Gasteiger charge is 2.17. The van der Waals surface area contributed by atoms with Crippen LogP contribution in [0.25, 0.3) is 39.1 Å². The van der Waals surface area contributed by atoms with Gasteiger partial charge < -0.3 is 4.42 Å². The highest BCUT2D eigenvalue weighted by atomic mass is 16.3. The molecule has 0 saturated heterocycles. The van der Waals surface area contributed by atoms with Crippen LogP contribution in [0, 0.1) is 0 Å². The summed E-state index contributed by atoms with van der Waals surface area (Å²) in [5.41, 5.74) is 4.20. The maximum absolute atomic E-state index is 5.52. The van der Waals surface area contributed by atoms with Gasteiger partial charge >= 0.3 is 5.84 Å². The molecule has 0 spiro atoms. The van der Waals surface area contributed by atoms with E-state index in [1.807, 2.05) is 28.8 Å². The average Bonchev–Trinajstić information content (AvgIpc) is 3.23. The van der Waals surface area contributed by atoms with Crippen molar-refractivity contribution >= 4 is 16.6 Å². The molecule has 2 aromatic heterocycles. The number of imidazole rings is 1. The summed E-state index contributed by atoms with van der Waals surface area (Å²) in [6, 6.07) is 25.1. The van der Waals surface area contributed by atoms with Crippen LogP contribution < -0.4 is 0 Å². The molecule has 0 fully saturated rings. The molecule has 3 aromatic carbocycles. The van der Waals surface area contributed by atoms with E-state index in [1.54, 1.807) is 6.26 Å². The minimum Gasteiger partial charge on any atom is -0.432 e. The molecule has 5 rings (SSSR count). The fourth-order valence-corrected chi connectivity index (χ4v) is 3.20. The van der Waals surface area contributed by atoms with Crippen LogP contribution in [-0.4, -0.2) is 9.38 Å². The van der Waals surface area contributed by atoms with Crippen molar-refractivity contribution in [3.05, 3.63) is 85.3 Å². The zero-order chi connectivity index (χ0) is 15.9. The molecule has 5 aromatic rings. The van der Waals surface area contributed by atoms with Gasteiger partial charge in [0.2, 0.25) is 0 Å². The quantitative estimate of drug-likeness (QED) is 0.436. The molecule has 0 unspecified atom stereocenters. The first-order valence-electron chi connectivity index (χ1n) is 7.90. The summed E-state index contributed by atoms with van der Waals surface area (Å²) >= 11 is 0. The topological polar surface area (TPSA) is 30.4 Å². The molecule has 0 amide bonds. The smallest absolute Gasteiger partial charge is 0.306 e. The molecule has 0 aliphatic carbocycles. The Hall–Kier alpha value is -3.33. The first-order valence-corrected chi connectivity index (χ1v) is 7.90. The number of nitrogens with zero attached hydrogens (tertiary/aromatic N) is 2. The average molecular weight is 310 g/mol. The van der Waals surface area contributed by atoms with Crippen LogP contribution in [0.2, 0.25) is 0 Å². The van der Waals surface area contributed by atoms with Gasteiger partial charge in [-0.1, -0.05) is 66.7 Å². The van der Waals surface area contributed by atoms with E-state index in [4.69, 9.17) is 9.40 Å². The largest absolute Gasteiger partial charge is 0.432 e. The molecule has 2 heterocycles. The summed E-state index contributed by atoms with van der Waals surface area (Å²) in [6.07, 6.45) is 3.58. The maximum atomic E-state index is 5.52. The molecule has 0 aliphatic heterocycles. The van der Waals surface area contributed by atoms with E-state index in [0.717, 1.165) is 22.5 Å². The highest BCUT2D eigenvalue weighted by Crippen LogP contribution is 2.34. The van der Waals surface area contributed by atoms with Crippen LogP contribution in [0.1, 0.15) is 0 Å². The number of benzene rings is 3. The maximum Gasteiger partial charge on any atom is 0.306 e. The highest BCUT2D eigenvalue weighted by molar-refractivity contribution is 5.90. The number of rotatable bonds is 2. The molecule has 0 bridgehead atoms. The van der Waals surface area contributed by atoms with Gasteiger partial charge in [0.25, 0.3) is 0 Å². The lowest BCUT2D eigenvalue weighted by atomic mass is 10.0. The zero-order valence-corrected chi connectivity index (χ0v) is 12.9. The Kier molecular flexibility index (Phi) is 2.79. The van der Waals surface area contributed by atoms with Crippen molar-refractivity contribution in [1.29, 1.82) is 0 Å². The second-order valence-electron chi connectivity index (χ2n) is 5.79. The van der Waals surface area contributed by atoms with E-state index >= 15 is 0 Å². The molecule has 0 N–H and O–H groups in total. The summed E-state index contributed by atoms with van der Waals surface area (Å²) in [4.78, 5) is 4.72. The third-order valence-electron chi connectivity index (χ3n) is 4.33. The monoisotopic (exact) mass is 310 g/mol. The minimum atomic E-state index is 0.608. The summed E-state index contributed by atoms with van der Waals surface area (Å²) in [5, 5.41) is 2.43. The van der Waals surface area contributed by atoms with Crippen molar-refractivity contribution in [2.45, 2.75) is 0 Å². The van der Waals surface area contributed by atoms with Gasteiger partial charge in [-0.25, -0.2) is 0 Å². The molecule has 0 aliphatic rings. The molecule has 114 valence electrons. The van der Waals surface area contributed by atoms with Crippen molar-refractivity contribution in [2.75, 3.05) is 0 Å². The lowest BCUT2D eigenvalue weighted by molar-refractivity contribution is 0.596. The lowest BCUT2D eigenvalue weighted by Crippen LogP contribution is -1.87. The standard InChI is InChI=1S/C21H14N2O/c1-2-7-16(8-3-1)20-19(22-21-23(20)12-13-24-21)18-11-10-15-6-4-5-9-17(15)14-18/h1-14H. The van der Waals surface area contributed by atoms with Crippen LogP contribution in [-0.2, 0) is 0 Å². The Morgan fingerprint density at radius 1 is 0.750 bits per heavy atom. The Bertz CT molecular complexity index is 1150. The van der Waals surface area contributed by atoms with Crippen molar-refractivity contribution in [2.24, 2.45) is 0 Å². The lowest BCUT2D eigenvalue weighted by Gasteiger charge is -2.06. The van der Waals surface area contributed by atoms with Gasteiger partial charge in [0.15, 0.2) is 0 Å². The van der Waals surface area contributed by atoms with Crippen LogP contribution in [0.15, 0.2) is 89.7 Å². The number of aromatic nitrogens is 2. The van der Waals surface area contributed by atoms with Gasteiger partial charge in [0, 0.05) is 17.3 Å². The molecule has 0 saturated carbocycles. The summed E-state index contributed by atoms with van der Waals surface area (Å²) in [5.74, 6) is 0.608. The Morgan fingerprint density at radius 2 is 1.54 bits per heavy atom. The molecule has 3 nitrogen and oxygen atoms in total. The molecule has 24 heavy (non-hydrogen) atoms. The summed E-state index contributed by atoms with van der Waals surface area (Å²) in [7, 11) is 0. The van der Waals surface area contributed by atoms with Crippen molar-refractivity contribution in [1.82, 2.24) is 9.38 Å². The SMILES string of the molecule is c1ccc(-c2c(-c3ccc4ccccc4c3)nc3occn23)cc1. The number of fused-ring (bicyclic) bond motifs is 2. The van der Waals surface area contributed by atoms with E-state index in [-0.39, 0.29) is 0 Å². The normalized spacial score (nSPS) is 11.3. The van der Waals surface area contributed by atoms with Crippen LogP contribution in [0.5, 0.6) is 0 Å². The van der Waals surface area contributed by atoms with Crippen molar-refractivity contribution in [3.63, 3.8) is 0 Å². The van der Waals surface area contributed by atoms with Gasteiger partial charge in [-0.2, -0.15) is 4.98 Å². The van der Waals surface area contributed by atoms with Gasteiger partial charge in [-0.05, 0) is 16.8 Å². The third kappa shape index (κ3) is 1.95. The molecule has 0 radical (unpaired) electrons. The Balaban J connectivity index is 1.81. The molecular formula is C21H14N2O. The Morgan fingerprint density at radius 3 is 2.42 bits per heavy atom. The van der Waals surface area contributed by atoms with Gasteiger partial charge in [-0.3, -0.25) is 4.40 Å². The first kappa shape index (κ1) is 13.1. The fourth-order valence-electron chi connectivity index (χ4n) is 3.20. The first-order chi connectivity index (χ1) is 11.9. The van der Waals surface area contributed by atoms with E-state index in [9.17, 15) is 0 Å². The van der Waals surface area contributed by atoms with E-state index in [1.165, 1.54) is 10.8 Å². The van der Waals surface area contributed by atoms with Crippen molar-refractivity contribution in [3.8, 4) is 22.5 Å². The van der Waals surface area contributed by atoms with E-state index < -0.39 is 0 Å². The van der Waals surface area contributed by atoms with E-state index in [2.05, 4.69) is 54.6 Å². The number of oxazole rings is 1. The fraction of sp³-hybridized carbons (Fsp3) is 0. The van der Waals surface area contributed by atoms with E-state index in [0.29, 0.717) is 5.84 Å². The van der Waals surface area contributed by atoms with Crippen molar-refractivity contribution < 1.29 is 4.42 Å². The van der Waals surface area contributed by atoms with Gasteiger partial charge in [0.1, 0.15) is 12.0 Å². The van der Waals surface area contributed by atoms with Crippen LogP contribution in [0.4, 0.5) is 0 Å². The zero-order valence-electron chi connectivity index (χ0n) is 12.9. The molecular weight excluding hydrogens is 296 g/mol. The molecule has 0 atom stereocenters. The molecule has 3 heteroatoms. The van der Waals surface area contributed by atoms with Gasteiger partial charge in [-0.15, -0.1) is 0 Å². The van der Waals surface area contributed by atoms with Crippen LogP contribution in [0.3, 0.4) is 0 Å². The second-order valence-corrected chi connectivity index (χ2v) is 5.79. The minimum absolute atomic E-state index is 0.608. The predicted molar refractivity (Wildman–Crippen MR) is 95.8 cm³/mol. The number of hydrogen-bond acceptors (Lipinski definition) is 2. The predicted octanol–water partition coefficient (Wildman–Crippen LogP) is 5.41. The summed E-state index contributed by atoms with van der Waals surface area (Å²) in [6.45, 7) is 0. The second kappa shape index (κ2) is 5.10. The summed E-state index contributed by atoms with van der Waals surface area (Å²) < 4.78 is 7.52. The number of hydrogen-bond donors (Lipinski definition) is 0. The Labute approximate surface area is 138 Å². The van der Waals surface area contributed by atoms with Gasteiger partial charge in [0.05, 0.1) is 5.69 Å².